The highest BCUT2D eigenvalue weighted by molar-refractivity contribution is 8.21. The topological polar surface area (TPSA) is 74.8 Å². The Morgan fingerprint density at radius 1 is 1.23 bits per heavy atom. The van der Waals surface area contributed by atoms with E-state index in [0.29, 0.717) is 17.3 Å². The lowest BCUT2D eigenvalue weighted by Crippen LogP contribution is -2.35. The molecule has 0 saturated carbocycles. The molecule has 0 fully saturated rings. The van der Waals surface area contributed by atoms with Crippen LogP contribution in [0.1, 0.15) is 22.8 Å². The first-order chi connectivity index (χ1) is 12.5. The molecule has 6 nitrogen and oxygen atoms in total. The summed E-state index contributed by atoms with van der Waals surface area (Å²) in [5, 5.41) is 4.20. The van der Waals surface area contributed by atoms with Crippen molar-refractivity contribution in [3.63, 3.8) is 0 Å². The summed E-state index contributed by atoms with van der Waals surface area (Å²) in [4.78, 5) is 21.0. The van der Waals surface area contributed by atoms with Gasteiger partial charge in [-0.1, -0.05) is 18.7 Å². The van der Waals surface area contributed by atoms with Gasteiger partial charge >= 0.3 is 0 Å². The van der Waals surface area contributed by atoms with Crippen LogP contribution in [0.2, 0.25) is 0 Å². The number of carbonyl (C=O) groups excluding carboxylic acids is 1. The van der Waals surface area contributed by atoms with Gasteiger partial charge in [0.2, 0.25) is 0 Å². The van der Waals surface area contributed by atoms with Crippen LogP contribution in [0.25, 0.3) is 4.91 Å². The third-order valence-corrected chi connectivity index (χ3v) is 4.72. The molecule has 0 saturated heterocycles. The van der Waals surface area contributed by atoms with Crippen molar-refractivity contribution in [3.8, 4) is 0 Å². The van der Waals surface area contributed by atoms with Gasteiger partial charge in [0.1, 0.15) is 0 Å². The van der Waals surface area contributed by atoms with E-state index in [1.807, 2.05) is 50.2 Å². The number of carbonyl (C=O) groups is 1. The molecular weight excluding hydrogens is 346 g/mol. The van der Waals surface area contributed by atoms with E-state index >= 15 is 0 Å². The van der Waals surface area contributed by atoms with Gasteiger partial charge in [-0.3, -0.25) is 14.7 Å². The highest BCUT2D eigenvalue weighted by atomic mass is 32.2. The van der Waals surface area contributed by atoms with Crippen molar-refractivity contribution < 1.29 is 4.79 Å². The number of amidine groups is 1. The Labute approximate surface area is 158 Å². The van der Waals surface area contributed by atoms with Crippen molar-refractivity contribution in [1.82, 2.24) is 9.88 Å². The largest absolute Gasteiger partial charge is 0.378 e. The molecule has 2 N–H and O–H groups in total. The number of rotatable bonds is 5. The van der Waals surface area contributed by atoms with Crippen LogP contribution < -0.4 is 10.7 Å². The molecule has 1 aromatic carbocycles. The minimum atomic E-state index is -0.201. The van der Waals surface area contributed by atoms with Crippen LogP contribution in [-0.2, 0) is 0 Å². The van der Waals surface area contributed by atoms with Gasteiger partial charge in [-0.2, -0.15) is 5.10 Å². The fraction of sp³-hybridized carbons (Fsp3) is 0.211. The predicted octanol–water partition coefficient (Wildman–Crippen LogP) is 3.24. The molecule has 2 aromatic rings. The van der Waals surface area contributed by atoms with Crippen molar-refractivity contribution in [2.75, 3.05) is 25.5 Å². The van der Waals surface area contributed by atoms with Crippen LogP contribution in [0.4, 0.5) is 5.69 Å². The molecule has 0 spiro atoms. The molecule has 136 valence electrons. The molecule has 0 bridgehead atoms. The maximum atomic E-state index is 12.7. The molecule has 1 aromatic heterocycles. The normalized spacial score (nSPS) is 11.1. The number of pyridine rings is 1. The summed E-state index contributed by atoms with van der Waals surface area (Å²) in [6.45, 7) is 6.40. The average Bonchev–Trinajstić information content (AvgIpc) is 2.68. The molecular formula is C19H23N5OS. The molecule has 0 aliphatic rings. The third kappa shape index (κ3) is 4.64. The minimum Gasteiger partial charge on any atom is -0.378 e. The number of nitrogens with zero attached hydrogens (tertiary/aromatic N) is 4. The highest BCUT2D eigenvalue weighted by Gasteiger charge is 2.21. The maximum absolute atomic E-state index is 12.7. The van der Waals surface area contributed by atoms with E-state index in [1.165, 1.54) is 22.9 Å². The molecule has 2 rings (SSSR count). The smallest absolute Gasteiger partial charge is 0.261 e. The molecule has 0 atom stereocenters. The second-order valence-corrected chi connectivity index (χ2v) is 6.73. The lowest BCUT2D eigenvalue weighted by atomic mass is 10.2. The number of hydrogen-bond acceptors (Lipinski definition) is 6. The number of hydrogen-bond donors (Lipinski definition) is 1. The first-order valence-corrected chi connectivity index (χ1v) is 8.93. The summed E-state index contributed by atoms with van der Waals surface area (Å²) < 4.78 is 0. The number of anilines is 1. The summed E-state index contributed by atoms with van der Waals surface area (Å²) in [7, 11) is 3.97. The fourth-order valence-electron chi connectivity index (χ4n) is 2.28. The summed E-state index contributed by atoms with van der Waals surface area (Å²) in [6.07, 6.45) is 3.15. The van der Waals surface area contributed by atoms with Crippen LogP contribution in [0.3, 0.4) is 0 Å². The van der Waals surface area contributed by atoms with Gasteiger partial charge < -0.3 is 10.7 Å². The summed E-state index contributed by atoms with van der Waals surface area (Å²) in [6, 6.07) is 11.4. The van der Waals surface area contributed by atoms with Crippen LogP contribution in [0.5, 0.6) is 0 Å². The van der Waals surface area contributed by atoms with Gasteiger partial charge in [0.05, 0.1) is 5.56 Å². The van der Waals surface area contributed by atoms with E-state index in [2.05, 4.69) is 16.7 Å². The molecule has 7 heteroatoms. The lowest BCUT2D eigenvalue weighted by Gasteiger charge is -2.22. The first kappa shape index (κ1) is 19.5. The number of aromatic nitrogens is 1. The monoisotopic (exact) mass is 369 g/mol. The van der Waals surface area contributed by atoms with Gasteiger partial charge in [-0.25, -0.2) is 0 Å². The quantitative estimate of drug-likeness (QED) is 0.379. The van der Waals surface area contributed by atoms with Crippen molar-refractivity contribution in [2.24, 2.45) is 10.9 Å². The number of benzene rings is 1. The standard InChI is InChI=1S/C19H23N5OS/c1-5-24(18(25)16-7-6-12-21-13-16)19(22-20)26-14(2)15-8-10-17(11-9-15)23(3)4/h6-13H,2,5,20H2,1,3-4H3/b22-19-. The van der Waals surface area contributed by atoms with Crippen molar-refractivity contribution >= 4 is 33.4 Å². The van der Waals surface area contributed by atoms with Gasteiger partial charge in [0.25, 0.3) is 5.91 Å². The van der Waals surface area contributed by atoms with Gasteiger partial charge in [0.15, 0.2) is 5.17 Å². The van der Waals surface area contributed by atoms with E-state index in [4.69, 9.17) is 5.84 Å². The zero-order valence-corrected chi connectivity index (χ0v) is 16.0. The Morgan fingerprint density at radius 3 is 2.42 bits per heavy atom. The second kappa shape index (κ2) is 9.05. The van der Waals surface area contributed by atoms with Gasteiger partial charge in [-0.05, 0) is 48.5 Å². The highest BCUT2D eigenvalue weighted by Crippen LogP contribution is 2.29. The van der Waals surface area contributed by atoms with Crippen molar-refractivity contribution in [3.05, 3.63) is 66.5 Å². The van der Waals surface area contributed by atoms with E-state index < -0.39 is 0 Å². The van der Waals surface area contributed by atoms with E-state index in [0.717, 1.165) is 16.2 Å². The maximum Gasteiger partial charge on any atom is 0.261 e. The lowest BCUT2D eigenvalue weighted by molar-refractivity contribution is 0.0855. The Bertz CT molecular complexity index is 787. The zero-order valence-electron chi connectivity index (χ0n) is 15.2. The van der Waals surface area contributed by atoms with Crippen LogP contribution in [-0.4, -0.2) is 41.6 Å². The number of hydrazone groups is 1. The molecule has 1 amide bonds. The first-order valence-electron chi connectivity index (χ1n) is 8.12. The molecule has 0 aliphatic carbocycles. The number of nitrogens with two attached hydrogens (primary N) is 1. The van der Waals surface area contributed by atoms with E-state index in [-0.39, 0.29) is 5.91 Å². The summed E-state index contributed by atoms with van der Waals surface area (Å²) in [5.41, 5.74) is 2.53. The molecule has 1 heterocycles. The van der Waals surface area contributed by atoms with Crippen LogP contribution in [0, 0.1) is 0 Å². The van der Waals surface area contributed by atoms with Crippen LogP contribution >= 0.6 is 11.8 Å². The minimum absolute atomic E-state index is 0.201. The van der Waals surface area contributed by atoms with Gasteiger partial charge in [0, 0.05) is 43.6 Å². The molecule has 0 radical (unpaired) electrons. The Kier molecular flexibility index (Phi) is 6.80. The van der Waals surface area contributed by atoms with E-state index in [9.17, 15) is 4.79 Å². The Balaban J connectivity index is 2.16. The Hall–Kier alpha value is -2.80. The number of thioether (sulfide) groups is 1. The molecule has 0 aliphatic heterocycles. The Morgan fingerprint density at radius 2 is 1.92 bits per heavy atom. The van der Waals surface area contributed by atoms with Gasteiger partial charge in [-0.15, -0.1) is 0 Å². The molecule has 0 unspecified atom stereocenters. The van der Waals surface area contributed by atoms with Crippen molar-refractivity contribution in [1.29, 1.82) is 0 Å². The average molecular weight is 369 g/mol. The summed E-state index contributed by atoms with van der Waals surface area (Å²) in [5.74, 6) is 5.36. The zero-order chi connectivity index (χ0) is 19.1. The third-order valence-electron chi connectivity index (χ3n) is 3.73. The predicted molar refractivity (Wildman–Crippen MR) is 110 cm³/mol. The van der Waals surface area contributed by atoms with Crippen LogP contribution in [0.15, 0.2) is 60.5 Å². The second-order valence-electron chi connectivity index (χ2n) is 5.67. The SMILES string of the molecule is C=C(S/C(=N\N)N(CC)C(=O)c1cccnc1)c1ccc(N(C)C)cc1. The van der Waals surface area contributed by atoms with Crippen molar-refractivity contribution in [2.45, 2.75) is 6.92 Å². The van der Waals surface area contributed by atoms with E-state index in [1.54, 1.807) is 18.3 Å². The number of amides is 1. The fourth-order valence-corrected chi connectivity index (χ4v) is 3.13. The summed E-state index contributed by atoms with van der Waals surface area (Å²) >= 11 is 1.27. The molecule has 26 heavy (non-hydrogen) atoms.